The molecule has 2 aliphatic rings. The summed E-state index contributed by atoms with van der Waals surface area (Å²) in [7, 11) is 0. The summed E-state index contributed by atoms with van der Waals surface area (Å²) in [6.07, 6.45) is 5.81. The summed E-state index contributed by atoms with van der Waals surface area (Å²) in [4.78, 5) is 23.7. The van der Waals surface area contributed by atoms with Crippen LogP contribution in [0.5, 0.6) is 0 Å². The molecule has 21 heavy (non-hydrogen) atoms. The van der Waals surface area contributed by atoms with Crippen LogP contribution in [0.2, 0.25) is 0 Å². The number of rotatable bonds is 1. The minimum atomic E-state index is -0.113. The smallest absolute Gasteiger partial charge is 0.259 e. The Labute approximate surface area is 123 Å². The number of pyridine rings is 2. The molecule has 1 aliphatic heterocycles. The number of fused-ring (bicyclic) bond motifs is 2. The average molecular weight is 280 g/mol. The van der Waals surface area contributed by atoms with Gasteiger partial charge in [-0.1, -0.05) is 0 Å². The third kappa shape index (κ3) is 1.81. The second kappa shape index (κ2) is 4.28. The molecular formula is C16H16N4O. The fourth-order valence-corrected chi connectivity index (χ4v) is 2.74. The van der Waals surface area contributed by atoms with E-state index in [9.17, 15) is 4.79 Å². The molecule has 4 rings (SSSR count). The molecule has 1 aliphatic carbocycles. The summed E-state index contributed by atoms with van der Waals surface area (Å²) in [6, 6.07) is 4.01. The van der Waals surface area contributed by atoms with Gasteiger partial charge in [0, 0.05) is 18.4 Å². The van der Waals surface area contributed by atoms with Crippen LogP contribution in [0.15, 0.2) is 24.5 Å². The van der Waals surface area contributed by atoms with Crippen molar-refractivity contribution in [3.63, 3.8) is 0 Å². The van der Waals surface area contributed by atoms with E-state index < -0.39 is 0 Å². The molecule has 5 heteroatoms. The number of hydrogen-bond acceptors (Lipinski definition) is 4. The molecule has 1 amide bonds. The van der Waals surface area contributed by atoms with Crippen molar-refractivity contribution in [2.45, 2.75) is 32.7 Å². The molecule has 3 heterocycles. The van der Waals surface area contributed by atoms with Gasteiger partial charge < -0.3 is 10.2 Å². The molecule has 0 unspecified atom stereocenters. The van der Waals surface area contributed by atoms with Crippen molar-refractivity contribution in [3.8, 4) is 0 Å². The number of nitrogens with zero attached hydrogens (tertiary/aromatic N) is 3. The summed E-state index contributed by atoms with van der Waals surface area (Å²) in [5, 5.41) is 3.02. The van der Waals surface area contributed by atoms with E-state index in [1.165, 1.54) is 0 Å². The van der Waals surface area contributed by atoms with Gasteiger partial charge in [-0.05, 0) is 49.9 Å². The van der Waals surface area contributed by atoms with Crippen LogP contribution in [0.4, 0.5) is 17.3 Å². The second-order valence-electron chi connectivity index (χ2n) is 5.69. The van der Waals surface area contributed by atoms with Crippen molar-refractivity contribution in [2.24, 2.45) is 0 Å². The Morgan fingerprint density at radius 1 is 1.24 bits per heavy atom. The largest absolute Gasteiger partial charge is 0.318 e. The Kier molecular flexibility index (Phi) is 2.51. The number of aromatic nitrogens is 2. The quantitative estimate of drug-likeness (QED) is 0.872. The topological polar surface area (TPSA) is 58.1 Å². The Morgan fingerprint density at radius 3 is 2.81 bits per heavy atom. The Morgan fingerprint density at radius 2 is 2.05 bits per heavy atom. The molecule has 0 aromatic carbocycles. The van der Waals surface area contributed by atoms with Gasteiger partial charge in [-0.2, -0.15) is 0 Å². The highest BCUT2D eigenvalue weighted by Gasteiger charge is 2.38. The number of anilines is 3. The molecule has 2 aromatic rings. The summed E-state index contributed by atoms with van der Waals surface area (Å²) in [5.74, 6) is 1.41. The highest BCUT2D eigenvalue weighted by Crippen LogP contribution is 2.44. The molecule has 2 aromatic heterocycles. The van der Waals surface area contributed by atoms with E-state index in [0.717, 1.165) is 35.5 Å². The summed E-state index contributed by atoms with van der Waals surface area (Å²) in [6.45, 7) is 4.02. The van der Waals surface area contributed by atoms with Crippen LogP contribution in [0.25, 0.3) is 0 Å². The number of carbonyl (C=O) groups is 1. The fourth-order valence-electron chi connectivity index (χ4n) is 2.74. The third-order valence-electron chi connectivity index (χ3n) is 4.21. The average Bonchev–Trinajstić information content (AvgIpc) is 3.31. The number of hydrogen-bond donors (Lipinski definition) is 1. The molecule has 1 saturated carbocycles. The fraction of sp³-hybridized carbons (Fsp3) is 0.312. The van der Waals surface area contributed by atoms with Crippen LogP contribution in [-0.2, 0) is 0 Å². The van der Waals surface area contributed by atoms with E-state index in [2.05, 4.69) is 20.2 Å². The molecule has 0 atom stereocenters. The minimum absolute atomic E-state index is 0.113. The van der Waals surface area contributed by atoms with Gasteiger partial charge in [0.15, 0.2) is 5.82 Å². The van der Waals surface area contributed by atoms with E-state index >= 15 is 0 Å². The Hall–Kier alpha value is -2.43. The van der Waals surface area contributed by atoms with Crippen molar-refractivity contribution in [1.82, 2.24) is 9.97 Å². The van der Waals surface area contributed by atoms with Crippen LogP contribution < -0.4 is 10.2 Å². The first-order valence-electron chi connectivity index (χ1n) is 7.18. The van der Waals surface area contributed by atoms with Crippen molar-refractivity contribution in [2.75, 3.05) is 10.2 Å². The molecule has 0 saturated heterocycles. The normalized spacial score (nSPS) is 16.9. The molecule has 1 N–H and O–H groups in total. The van der Waals surface area contributed by atoms with Gasteiger partial charge in [0.1, 0.15) is 5.82 Å². The summed E-state index contributed by atoms with van der Waals surface area (Å²) >= 11 is 0. The predicted molar refractivity (Wildman–Crippen MR) is 81.1 cm³/mol. The van der Waals surface area contributed by atoms with Gasteiger partial charge in [0.05, 0.1) is 11.3 Å². The lowest BCUT2D eigenvalue weighted by molar-refractivity contribution is 0.102. The molecular weight excluding hydrogens is 264 g/mol. The zero-order chi connectivity index (χ0) is 14.6. The standard InChI is InChI=1S/C16H16N4O/c1-9-8-18-15-13(10(9)2)19-16(21)12-4-3-7-17-14(12)20(15)11-5-6-11/h3-4,7-8,11H,5-6H2,1-2H3,(H,19,21). The molecule has 0 radical (unpaired) electrons. The number of amides is 1. The highest BCUT2D eigenvalue weighted by molar-refractivity contribution is 6.12. The van der Waals surface area contributed by atoms with E-state index in [1.54, 1.807) is 12.3 Å². The summed E-state index contributed by atoms with van der Waals surface area (Å²) < 4.78 is 0. The first-order chi connectivity index (χ1) is 10.2. The van der Waals surface area contributed by atoms with E-state index in [4.69, 9.17) is 0 Å². The van der Waals surface area contributed by atoms with Crippen LogP contribution in [0, 0.1) is 13.8 Å². The molecule has 0 spiro atoms. The van der Waals surface area contributed by atoms with E-state index in [1.807, 2.05) is 26.1 Å². The number of aryl methyl sites for hydroxylation is 1. The van der Waals surface area contributed by atoms with Crippen LogP contribution >= 0.6 is 0 Å². The highest BCUT2D eigenvalue weighted by atomic mass is 16.1. The Bertz CT molecular complexity index is 752. The lowest BCUT2D eigenvalue weighted by Gasteiger charge is -2.24. The van der Waals surface area contributed by atoms with E-state index in [-0.39, 0.29) is 5.91 Å². The maximum absolute atomic E-state index is 12.5. The zero-order valence-corrected chi connectivity index (χ0v) is 12.1. The predicted octanol–water partition coefficient (Wildman–Crippen LogP) is 2.96. The first kappa shape index (κ1) is 12.3. The Balaban J connectivity index is 2.01. The van der Waals surface area contributed by atoms with Gasteiger partial charge in [0.2, 0.25) is 0 Å². The maximum Gasteiger partial charge on any atom is 0.259 e. The lowest BCUT2D eigenvalue weighted by atomic mass is 10.1. The minimum Gasteiger partial charge on any atom is -0.318 e. The monoisotopic (exact) mass is 280 g/mol. The lowest BCUT2D eigenvalue weighted by Crippen LogP contribution is -2.22. The maximum atomic E-state index is 12.5. The van der Waals surface area contributed by atoms with Gasteiger partial charge >= 0.3 is 0 Å². The van der Waals surface area contributed by atoms with Crippen LogP contribution in [-0.4, -0.2) is 21.9 Å². The van der Waals surface area contributed by atoms with Crippen molar-refractivity contribution in [1.29, 1.82) is 0 Å². The number of carbonyl (C=O) groups excluding carboxylic acids is 1. The number of nitrogens with one attached hydrogen (secondary N) is 1. The zero-order valence-electron chi connectivity index (χ0n) is 12.1. The van der Waals surface area contributed by atoms with E-state index in [0.29, 0.717) is 17.4 Å². The van der Waals surface area contributed by atoms with Crippen molar-refractivity contribution < 1.29 is 4.79 Å². The van der Waals surface area contributed by atoms with Crippen LogP contribution in [0.3, 0.4) is 0 Å². The second-order valence-corrected chi connectivity index (χ2v) is 5.69. The summed E-state index contributed by atoms with van der Waals surface area (Å²) in [5.41, 5.74) is 3.56. The SMILES string of the molecule is Cc1cnc2c(c1C)NC(=O)c1cccnc1N2C1CC1. The third-order valence-corrected chi connectivity index (χ3v) is 4.21. The van der Waals surface area contributed by atoms with Gasteiger partial charge in [-0.3, -0.25) is 4.79 Å². The molecule has 0 bridgehead atoms. The van der Waals surface area contributed by atoms with Gasteiger partial charge in [0.25, 0.3) is 5.91 Å². The van der Waals surface area contributed by atoms with Gasteiger partial charge in [-0.25, -0.2) is 9.97 Å². The molecule has 1 fully saturated rings. The first-order valence-corrected chi connectivity index (χ1v) is 7.18. The van der Waals surface area contributed by atoms with Gasteiger partial charge in [-0.15, -0.1) is 0 Å². The molecule has 106 valence electrons. The van der Waals surface area contributed by atoms with Crippen molar-refractivity contribution >= 4 is 23.2 Å². The van der Waals surface area contributed by atoms with Crippen molar-refractivity contribution in [3.05, 3.63) is 41.2 Å². The molecule has 5 nitrogen and oxygen atoms in total. The van der Waals surface area contributed by atoms with Crippen LogP contribution in [0.1, 0.15) is 34.3 Å².